The second-order valence-corrected chi connectivity index (χ2v) is 21.5. The molecule has 4 heterocycles. The van der Waals surface area contributed by atoms with E-state index in [1.54, 1.807) is 0 Å². The number of para-hydroxylation sites is 6. The minimum absolute atomic E-state index is 0.259. The van der Waals surface area contributed by atoms with Crippen molar-refractivity contribution in [3.8, 4) is 62.4 Å². The molecule has 0 radical (unpaired) electrons. The molecule has 16 rings (SSSR count). The van der Waals surface area contributed by atoms with Crippen LogP contribution >= 0.6 is 0 Å². The van der Waals surface area contributed by atoms with Crippen molar-refractivity contribution in [2.75, 3.05) is 0 Å². The maximum absolute atomic E-state index is 5.71. The van der Waals surface area contributed by atoms with Crippen LogP contribution in [0.3, 0.4) is 0 Å². The molecule has 0 saturated heterocycles. The summed E-state index contributed by atoms with van der Waals surface area (Å²) in [5.74, 6) is 1.72. The first-order valence-electron chi connectivity index (χ1n) is 26.0. The summed E-state index contributed by atoms with van der Waals surface area (Å²) >= 11 is 0. The lowest BCUT2D eigenvalue weighted by Crippen LogP contribution is -2.17. The summed E-state index contributed by atoms with van der Waals surface area (Å²) in [6, 6.07) is 79.4. The Bertz CT molecular complexity index is 4490. The van der Waals surface area contributed by atoms with Crippen LogP contribution in [0.2, 0.25) is 0 Å². The van der Waals surface area contributed by atoms with Crippen LogP contribution in [0.4, 0.5) is 0 Å². The first kappa shape index (κ1) is 42.1. The van der Waals surface area contributed by atoms with Gasteiger partial charge in [-0.1, -0.05) is 198 Å². The molecule has 2 aliphatic carbocycles. The third kappa shape index (κ3) is 5.60. The van der Waals surface area contributed by atoms with Gasteiger partial charge in [0.1, 0.15) is 0 Å². The zero-order valence-electron chi connectivity index (χ0n) is 42.0. The van der Waals surface area contributed by atoms with E-state index in [9.17, 15) is 0 Å². The van der Waals surface area contributed by atoms with Gasteiger partial charge in [0, 0.05) is 54.3 Å². The van der Waals surface area contributed by atoms with E-state index in [0.29, 0.717) is 17.6 Å². The Morgan fingerprint density at radius 2 is 0.613 bits per heavy atom. The van der Waals surface area contributed by atoms with Gasteiger partial charge in [-0.25, -0.2) is 4.98 Å². The van der Waals surface area contributed by atoms with Crippen LogP contribution in [-0.2, 0) is 10.8 Å². The van der Waals surface area contributed by atoms with E-state index in [-0.39, 0.29) is 10.8 Å². The Morgan fingerprint density at radius 1 is 0.280 bits per heavy atom. The predicted molar refractivity (Wildman–Crippen MR) is 309 cm³/mol. The molecular formula is C69H48N6. The van der Waals surface area contributed by atoms with Crippen molar-refractivity contribution in [1.29, 1.82) is 0 Å². The van der Waals surface area contributed by atoms with E-state index in [1.165, 1.54) is 77.1 Å². The van der Waals surface area contributed by atoms with Crippen molar-refractivity contribution in [3.05, 3.63) is 241 Å². The lowest BCUT2D eigenvalue weighted by atomic mass is 9.81. The summed E-state index contributed by atoms with van der Waals surface area (Å²) in [6.07, 6.45) is 0. The molecule has 2 aliphatic rings. The van der Waals surface area contributed by atoms with Gasteiger partial charge in [0.25, 0.3) is 0 Å². The maximum Gasteiger partial charge on any atom is 0.238 e. The average Bonchev–Trinajstić information content (AvgIpc) is 4.23. The molecule has 0 atom stereocenters. The second kappa shape index (κ2) is 15.1. The topological polar surface area (TPSA) is 53.5 Å². The van der Waals surface area contributed by atoms with Crippen LogP contribution < -0.4 is 0 Å². The molecule has 0 unspecified atom stereocenters. The van der Waals surface area contributed by atoms with Crippen LogP contribution in [0.15, 0.2) is 218 Å². The van der Waals surface area contributed by atoms with Gasteiger partial charge in [-0.15, -0.1) is 0 Å². The molecule has 4 aromatic heterocycles. The molecule has 0 spiro atoms. The highest BCUT2D eigenvalue weighted by molar-refractivity contribution is 6.15. The number of rotatable bonds is 5. The van der Waals surface area contributed by atoms with E-state index in [4.69, 9.17) is 15.0 Å². The quantitative estimate of drug-likeness (QED) is 0.173. The Kier molecular flexibility index (Phi) is 8.48. The summed E-state index contributed by atoms with van der Waals surface area (Å²) < 4.78 is 7.20. The smallest absolute Gasteiger partial charge is 0.238 e. The molecule has 6 heteroatoms. The van der Waals surface area contributed by atoms with E-state index in [1.807, 2.05) is 0 Å². The highest BCUT2D eigenvalue weighted by Gasteiger charge is 2.40. The summed E-state index contributed by atoms with van der Waals surface area (Å²) in [5.41, 5.74) is 20.5. The lowest BCUT2D eigenvalue weighted by Gasteiger charge is -2.24. The predicted octanol–water partition coefficient (Wildman–Crippen LogP) is 17.1. The van der Waals surface area contributed by atoms with Crippen LogP contribution in [-0.4, -0.2) is 28.7 Å². The van der Waals surface area contributed by atoms with Gasteiger partial charge >= 0.3 is 0 Å². The molecule has 14 aromatic rings. The highest BCUT2D eigenvalue weighted by atomic mass is 15.2. The molecule has 0 aliphatic heterocycles. The SMILES string of the molecule is CC1(C)c2ccccc2-c2ccc3c4ccccc4n(-c4ccccc4-c4nc(-c5ccccc5-n5c6ccccc6c6ccc7c(c65)C(C)(C)c5ccccc5-7)nc(-n5c6ccccc6c6ccccc65)n4)c3c21. The Balaban J connectivity index is 1.00. The first-order valence-corrected chi connectivity index (χ1v) is 26.0. The van der Waals surface area contributed by atoms with Crippen molar-refractivity contribution in [2.45, 2.75) is 38.5 Å². The van der Waals surface area contributed by atoms with E-state index < -0.39 is 0 Å². The number of hydrogen-bond acceptors (Lipinski definition) is 3. The van der Waals surface area contributed by atoms with E-state index >= 15 is 0 Å². The third-order valence-electron chi connectivity index (χ3n) is 16.9. The minimum atomic E-state index is -0.259. The van der Waals surface area contributed by atoms with Crippen molar-refractivity contribution < 1.29 is 0 Å². The van der Waals surface area contributed by atoms with Crippen LogP contribution in [0.25, 0.3) is 128 Å². The fourth-order valence-electron chi connectivity index (χ4n) is 13.7. The molecule has 75 heavy (non-hydrogen) atoms. The van der Waals surface area contributed by atoms with Gasteiger partial charge in [0.05, 0.1) is 44.5 Å². The van der Waals surface area contributed by atoms with Crippen molar-refractivity contribution >= 4 is 65.4 Å². The van der Waals surface area contributed by atoms with Crippen molar-refractivity contribution in [3.63, 3.8) is 0 Å². The van der Waals surface area contributed by atoms with Crippen LogP contribution in [0.5, 0.6) is 0 Å². The summed E-state index contributed by atoms with van der Waals surface area (Å²) in [6.45, 7) is 9.52. The summed E-state index contributed by atoms with van der Waals surface area (Å²) in [7, 11) is 0. The number of fused-ring (bicyclic) bond motifs is 17. The molecule has 10 aromatic carbocycles. The van der Waals surface area contributed by atoms with Gasteiger partial charge in [0.2, 0.25) is 5.95 Å². The van der Waals surface area contributed by atoms with Gasteiger partial charge in [-0.2, -0.15) is 9.97 Å². The van der Waals surface area contributed by atoms with Crippen molar-refractivity contribution in [2.24, 2.45) is 0 Å². The number of hydrogen-bond donors (Lipinski definition) is 0. The first-order chi connectivity index (χ1) is 36.8. The second-order valence-electron chi connectivity index (χ2n) is 21.5. The summed E-state index contributed by atoms with van der Waals surface area (Å²) in [4.78, 5) is 17.0. The molecule has 0 fully saturated rings. The van der Waals surface area contributed by atoms with E-state index in [0.717, 1.165) is 55.3 Å². The molecule has 6 nitrogen and oxygen atoms in total. The van der Waals surface area contributed by atoms with E-state index in [2.05, 4.69) is 260 Å². The normalized spacial score (nSPS) is 14.1. The highest BCUT2D eigenvalue weighted by Crippen LogP contribution is 2.55. The van der Waals surface area contributed by atoms with Gasteiger partial charge < -0.3 is 9.13 Å². The zero-order chi connectivity index (χ0) is 49.9. The molecule has 0 amide bonds. The molecule has 354 valence electrons. The molecule has 0 saturated carbocycles. The third-order valence-corrected chi connectivity index (χ3v) is 16.9. The van der Waals surface area contributed by atoms with Gasteiger partial charge in [-0.3, -0.25) is 4.57 Å². The monoisotopic (exact) mass is 960 g/mol. The zero-order valence-corrected chi connectivity index (χ0v) is 42.0. The minimum Gasteiger partial charge on any atom is -0.308 e. The van der Waals surface area contributed by atoms with Crippen LogP contribution in [0, 0.1) is 0 Å². The fraction of sp³-hybridized carbons (Fsp3) is 0.0870. The summed E-state index contributed by atoms with van der Waals surface area (Å²) in [5, 5.41) is 7.14. The van der Waals surface area contributed by atoms with Gasteiger partial charge in [0.15, 0.2) is 11.6 Å². The van der Waals surface area contributed by atoms with Crippen molar-refractivity contribution in [1.82, 2.24) is 28.7 Å². The Hall–Kier alpha value is -9.39. The lowest BCUT2D eigenvalue weighted by molar-refractivity contribution is 0.663. The largest absolute Gasteiger partial charge is 0.308 e. The fourth-order valence-corrected chi connectivity index (χ4v) is 13.7. The number of aromatic nitrogens is 6. The van der Waals surface area contributed by atoms with Crippen LogP contribution in [0.1, 0.15) is 49.9 Å². The average molecular weight is 961 g/mol. The standard InChI is InChI=1S/C69H48N6/c1-68(2)53-29-13-5-21-41(53)47-37-39-49-45-25-9-15-31-55(45)73(63(49)61(47)68)59-35-19-11-27-51(59)65-70-66(72-67(71-65)75-57-33-17-7-23-43(57)44-24-8-18-34-58(44)75)52-28-12-20-36-60(52)74-56-32-16-10-26-46(56)50-40-38-48-42-22-6-14-30-54(42)69(3,4)62(48)64(50)74/h5-40H,1-4H3. The number of nitrogens with zero attached hydrogens (tertiary/aromatic N) is 6. The number of benzene rings is 10. The molecule has 0 bridgehead atoms. The molecular weight excluding hydrogens is 913 g/mol. The Labute approximate surface area is 433 Å². The molecule has 0 N–H and O–H groups in total. The van der Waals surface area contributed by atoms with Gasteiger partial charge in [-0.05, 0) is 93.0 Å². The maximum atomic E-state index is 5.71. The Morgan fingerprint density at radius 3 is 1.04 bits per heavy atom.